The zero-order chi connectivity index (χ0) is 23.5. The standard InChI is InChI=1S/C25H26N2O5S/c1-15-5-6-20(16(2)8-15)26-22(29)13-33-14-24(31)32-12-21(28)18-9-17-4-3-7-27-23(30)11-19(10-18)25(17)27/h5-6,8-10H,3-4,7,11-14H2,1-2H3,(H,26,29). The number of benzene rings is 2. The van der Waals surface area contributed by atoms with E-state index in [4.69, 9.17) is 4.74 Å². The number of ketones is 1. The molecular weight excluding hydrogens is 440 g/mol. The summed E-state index contributed by atoms with van der Waals surface area (Å²) in [5, 5.41) is 2.83. The van der Waals surface area contributed by atoms with Crippen molar-refractivity contribution in [3.63, 3.8) is 0 Å². The van der Waals surface area contributed by atoms with E-state index < -0.39 is 5.97 Å². The normalized spacial score (nSPS) is 14.1. The smallest absolute Gasteiger partial charge is 0.316 e. The third kappa shape index (κ3) is 5.27. The minimum atomic E-state index is -0.545. The number of hydrogen-bond donors (Lipinski definition) is 1. The van der Waals surface area contributed by atoms with Crippen LogP contribution in [0.5, 0.6) is 0 Å². The van der Waals surface area contributed by atoms with Crippen molar-refractivity contribution in [3.8, 4) is 0 Å². The Kier molecular flexibility index (Phi) is 6.83. The minimum Gasteiger partial charge on any atom is -0.457 e. The first kappa shape index (κ1) is 23.0. The number of Topliss-reactive ketones (excluding diaryl/α,β-unsaturated/α-hetero) is 1. The fraction of sp³-hybridized carbons (Fsp3) is 0.360. The van der Waals surface area contributed by atoms with Crippen molar-refractivity contribution in [3.05, 3.63) is 58.1 Å². The largest absolute Gasteiger partial charge is 0.457 e. The lowest BCUT2D eigenvalue weighted by Crippen LogP contribution is -2.31. The Balaban J connectivity index is 1.23. The summed E-state index contributed by atoms with van der Waals surface area (Å²) in [6, 6.07) is 9.32. The van der Waals surface area contributed by atoms with Gasteiger partial charge in [0.1, 0.15) is 0 Å². The summed E-state index contributed by atoms with van der Waals surface area (Å²) in [6.45, 7) is 4.28. The molecular formula is C25H26N2O5S. The molecule has 0 bridgehead atoms. The first-order valence-corrected chi connectivity index (χ1v) is 12.1. The highest BCUT2D eigenvalue weighted by Crippen LogP contribution is 2.37. The molecule has 2 heterocycles. The number of anilines is 2. The Bertz CT molecular complexity index is 1140. The van der Waals surface area contributed by atoms with Crippen LogP contribution in [0.2, 0.25) is 0 Å². The van der Waals surface area contributed by atoms with Gasteiger partial charge >= 0.3 is 5.97 Å². The number of aryl methyl sites for hydroxylation is 3. The van der Waals surface area contributed by atoms with Gasteiger partial charge in [0.05, 0.1) is 23.6 Å². The van der Waals surface area contributed by atoms with E-state index in [1.807, 2.05) is 38.1 Å². The predicted octanol–water partition coefficient (Wildman–Crippen LogP) is 3.24. The van der Waals surface area contributed by atoms with E-state index in [1.54, 1.807) is 11.0 Å². The molecule has 0 saturated heterocycles. The molecule has 33 heavy (non-hydrogen) atoms. The van der Waals surface area contributed by atoms with Gasteiger partial charge in [-0.15, -0.1) is 11.8 Å². The third-order valence-corrected chi connectivity index (χ3v) is 6.71. The number of nitrogens with zero attached hydrogens (tertiary/aromatic N) is 1. The maximum atomic E-state index is 12.6. The molecule has 0 saturated carbocycles. The quantitative estimate of drug-likeness (QED) is 0.474. The maximum absolute atomic E-state index is 12.6. The number of nitrogens with one attached hydrogen (secondary N) is 1. The number of rotatable bonds is 8. The molecule has 2 aliphatic rings. The van der Waals surface area contributed by atoms with Crippen LogP contribution in [0.1, 0.15) is 39.0 Å². The minimum absolute atomic E-state index is 0.0213. The van der Waals surface area contributed by atoms with Gasteiger partial charge in [0, 0.05) is 17.8 Å². The van der Waals surface area contributed by atoms with Gasteiger partial charge in [-0.05, 0) is 61.6 Å². The molecule has 172 valence electrons. The molecule has 7 nitrogen and oxygen atoms in total. The van der Waals surface area contributed by atoms with Gasteiger partial charge in [-0.2, -0.15) is 0 Å². The zero-order valence-electron chi connectivity index (χ0n) is 18.7. The van der Waals surface area contributed by atoms with E-state index in [0.717, 1.165) is 64.8 Å². The Morgan fingerprint density at radius 3 is 2.67 bits per heavy atom. The number of carbonyl (C=O) groups is 4. The van der Waals surface area contributed by atoms with E-state index in [2.05, 4.69) is 5.32 Å². The monoisotopic (exact) mass is 466 g/mol. The second kappa shape index (κ2) is 9.79. The molecule has 8 heteroatoms. The van der Waals surface area contributed by atoms with E-state index in [0.29, 0.717) is 12.0 Å². The molecule has 2 aromatic rings. The molecule has 0 aliphatic carbocycles. The highest BCUT2D eigenvalue weighted by Gasteiger charge is 2.33. The molecule has 2 amide bonds. The lowest BCUT2D eigenvalue weighted by atomic mass is 9.95. The van der Waals surface area contributed by atoms with Crippen LogP contribution in [0.4, 0.5) is 11.4 Å². The summed E-state index contributed by atoms with van der Waals surface area (Å²) in [5.41, 5.74) is 6.14. The Morgan fingerprint density at radius 2 is 1.88 bits per heavy atom. The number of esters is 1. The maximum Gasteiger partial charge on any atom is 0.316 e. The lowest BCUT2D eigenvalue weighted by molar-refractivity contribution is -0.139. The molecule has 4 rings (SSSR count). The van der Waals surface area contributed by atoms with Crippen molar-refractivity contribution in [2.45, 2.75) is 33.1 Å². The molecule has 0 fully saturated rings. The number of thioether (sulfide) groups is 1. The van der Waals surface area contributed by atoms with Gasteiger partial charge in [-0.3, -0.25) is 19.2 Å². The van der Waals surface area contributed by atoms with E-state index in [9.17, 15) is 19.2 Å². The van der Waals surface area contributed by atoms with Crippen LogP contribution in [0, 0.1) is 13.8 Å². The summed E-state index contributed by atoms with van der Waals surface area (Å²) >= 11 is 1.13. The highest BCUT2D eigenvalue weighted by molar-refractivity contribution is 8.00. The van der Waals surface area contributed by atoms with Gasteiger partial charge in [0.15, 0.2) is 12.4 Å². The van der Waals surface area contributed by atoms with Crippen molar-refractivity contribution in [1.29, 1.82) is 0 Å². The first-order chi connectivity index (χ1) is 15.8. The molecule has 2 aromatic carbocycles. The van der Waals surface area contributed by atoms with Crippen LogP contribution >= 0.6 is 11.8 Å². The molecule has 0 radical (unpaired) electrons. The lowest BCUT2D eigenvalue weighted by Gasteiger charge is -2.25. The van der Waals surface area contributed by atoms with E-state index >= 15 is 0 Å². The fourth-order valence-electron chi connectivity index (χ4n) is 4.28. The molecule has 0 spiro atoms. The number of ether oxygens (including phenoxy) is 1. The second-order valence-electron chi connectivity index (χ2n) is 8.41. The van der Waals surface area contributed by atoms with Crippen LogP contribution < -0.4 is 10.2 Å². The summed E-state index contributed by atoms with van der Waals surface area (Å²) in [5.74, 6) is -0.887. The van der Waals surface area contributed by atoms with Gasteiger partial charge in [-0.25, -0.2) is 0 Å². The topological polar surface area (TPSA) is 92.8 Å². The van der Waals surface area contributed by atoms with Crippen molar-refractivity contribution in [2.24, 2.45) is 0 Å². The first-order valence-electron chi connectivity index (χ1n) is 10.9. The van der Waals surface area contributed by atoms with Crippen molar-refractivity contribution in [2.75, 3.05) is 34.9 Å². The molecule has 0 unspecified atom stereocenters. The third-order valence-electron chi connectivity index (χ3n) is 5.80. The van der Waals surface area contributed by atoms with Gasteiger partial charge in [-0.1, -0.05) is 17.7 Å². The van der Waals surface area contributed by atoms with Gasteiger partial charge in [0.2, 0.25) is 11.8 Å². The Labute approximate surface area is 196 Å². The van der Waals surface area contributed by atoms with Crippen LogP contribution in [0.3, 0.4) is 0 Å². The van der Waals surface area contributed by atoms with Crippen LogP contribution in [-0.2, 0) is 32.0 Å². The summed E-state index contributed by atoms with van der Waals surface area (Å²) in [4.78, 5) is 50.7. The molecule has 0 aromatic heterocycles. The van der Waals surface area contributed by atoms with Gasteiger partial charge in [0.25, 0.3) is 0 Å². The molecule has 1 N–H and O–H groups in total. The molecule has 2 aliphatic heterocycles. The fourth-order valence-corrected chi connectivity index (χ4v) is 4.89. The highest BCUT2D eigenvalue weighted by atomic mass is 32.2. The van der Waals surface area contributed by atoms with Crippen LogP contribution in [-0.4, -0.2) is 48.2 Å². The van der Waals surface area contributed by atoms with Crippen LogP contribution in [0.15, 0.2) is 30.3 Å². The zero-order valence-corrected chi connectivity index (χ0v) is 19.5. The second-order valence-corrected chi connectivity index (χ2v) is 9.40. The number of hydrogen-bond acceptors (Lipinski definition) is 6. The Morgan fingerprint density at radius 1 is 1.09 bits per heavy atom. The average Bonchev–Trinajstić information content (AvgIpc) is 3.10. The SMILES string of the molecule is Cc1ccc(NC(=O)CSCC(=O)OCC(=O)c2cc3c4c(c2)CC(=O)N4CCC3)c(C)c1. The number of carbonyl (C=O) groups excluding carboxylic acids is 4. The average molecular weight is 467 g/mol. The van der Waals surface area contributed by atoms with Crippen molar-refractivity contribution < 1.29 is 23.9 Å². The predicted molar refractivity (Wildman–Crippen MR) is 128 cm³/mol. The van der Waals surface area contributed by atoms with Crippen molar-refractivity contribution >= 4 is 46.7 Å². The van der Waals surface area contributed by atoms with Crippen molar-refractivity contribution in [1.82, 2.24) is 0 Å². The summed E-state index contributed by atoms with van der Waals surface area (Å²) < 4.78 is 5.12. The number of amides is 2. The Hall–Kier alpha value is -3.13. The molecule has 0 atom stereocenters. The van der Waals surface area contributed by atoms with Crippen LogP contribution in [0.25, 0.3) is 0 Å². The summed E-state index contributed by atoms with van der Waals surface area (Å²) in [7, 11) is 0. The van der Waals surface area contributed by atoms with E-state index in [1.165, 1.54) is 0 Å². The van der Waals surface area contributed by atoms with Gasteiger partial charge < -0.3 is 15.0 Å². The van der Waals surface area contributed by atoms with E-state index in [-0.39, 0.29) is 35.7 Å². The summed E-state index contributed by atoms with van der Waals surface area (Å²) in [6.07, 6.45) is 2.01.